The Kier molecular flexibility index (Phi) is 5.62. The SMILES string of the molecule is Cc1csc(NC(=O)c2ccccc2NS(=O)(=O)c2cccc(C(F)(F)F)c2)n1. The minimum absolute atomic E-state index is 0.00379. The Balaban J connectivity index is 1.89. The number of rotatable bonds is 5. The van der Waals surface area contributed by atoms with Gasteiger partial charge in [-0.05, 0) is 37.3 Å². The van der Waals surface area contributed by atoms with Crippen LogP contribution in [0.25, 0.3) is 0 Å². The average molecular weight is 441 g/mol. The van der Waals surface area contributed by atoms with Crippen molar-refractivity contribution in [3.63, 3.8) is 0 Å². The molecule has 2 N–H and O–H groups in total. The number of nitrogens with zero attached hydrogens (tertiary/aromatic N) is 1. The number of nitrogens with one attached hydrogen (secondary N) is 2. The molecule has 1 heterocycles. The minimum atomic E-state index is -4.69. The van der Waals surface area contributed by atoms with E-state index in [0.717, 1.165) is 18.2 Å². The van der Waals surface area contributed by atoms with Gasteiger partial charge < -0.3 is 0 Å². The lowest BCUT2D eigenvalue weighted by Crippen LogP contribution is -2.19. The molecule has 29 heavy (non-hydrogen) atoms. The van der Waals surface area contributed by atoms with Crippen LogP contribution in [0.2, 0.25) is 0 Å². The second-order valence-corrected chi connectivity index (χ2v) is 8.47. The van der Waals surface area contributed by atoms with Gasteiger partial charge in [0, 0.05) is 5.38 Å². The highest BCUT2D eigenvalue weighted by molar-refractivity contribution is 7.92. The fourth-order valence-corrected chi connectivity index (χ4v) is 4.20. The van der Waals surface area contributed by atoms with Crippen LogP contribution < -0.4 is 10.0 Å². The summed E-state index contributed by atoms with van der Waals surface area (Å²) in [5.74, 6) is -0.610. The number of aryl methyl sites for hydroxylation is 1. The van der Waals surface area contributed by atoms with Crippen molar-refractivity contribution in [2.75, 3.05) is 10.0 Å². The number of carbonyl (C=O) groups excluding carboxylic acids is 1. The zero-order chi connectivity index (χ0) is 21.2. The molecule has 1 amide bonds. The second kappa shape index (κ2) is 7.84. The number of anilines is 2. The molecule has 0 atom stereocenters. The van der Waals surface area contributed by atoms with Crippen molar-refractivity contribution < 1.29 is 26.4 Å². The van der Waals surface area contributed by atoms with E-state index in [-0.39, 0.29) is 11.3 Å². The molecule has 3 rings (SSSR count). The Morgan fingerprint density at radius 2 is 1.83 bits per heavy atom. The van der Waals surface area contributed by atoms with Gasteiger partial charge in [-0.1, -0.05) is 18.2 Å². The van der Waals surface area contributed by atoms with Gasteiger partial charge in [0.2, 0.25) is 0 Å². The van der Waals surface area contributed by atoms with Gasteiger partial charge in [-0.25, -0.2) is 13.4 Å². The Morgan fingerprint density at radius 1 is 1.10 bits per heavy atom. The first kappa shape index (κ1) is 20.8. The van der Waals surface area contributed by atoms with Gasteiger partial charge in [-0.15, -0.1) is 11.3 Å². The number of alkyl halides is 3. The monoisotopic (exact) mass is 441 g/mol. The Labute approximate surface area is 168 Å². The van der Waals surface area contributed by atoms with E-state index in [4.69, 9.17) is 0 Å². The summed E-state index contributed by atoms with van der Waals surface area (Å²) in [6, 6.07) is 9.10. The molecule has 0 fully saturated rings. The highest BCUT2D eigenvalue weighted by Gasteiger charge is 2.31. The van der Waals surface area contributed by atoms with Gasteiger partial charge in [-0.2, -0.15) is 13.2 Å². The number of amides is 1. The Bertz CT molecular complexity index is 1160. The summed E-state index contributed by atoms with van der Waals surface area (Å²) in [4.78, 5) is 16.1. The zero-order valence-corrected chi connectivity index (χ0v) is 16.5. The van der Waals surface area contributed by atoms with Gasteiger partial charge >= 0.3 is 6.18 Å². The van der Waals surface area contributed by atoms with Crippen LogP contribution in [-0.2, 0) is 16.2 Å². The van der Waals surface area contributed by atoms with Gasteiger partial charge in [-0.3, -0.25) is 14.8 Å². The largest absolute Gasteiger partial charge is 0.416 e. The van der Waals surface area contributed by atoms with E-state index in [1.165, 1.54) is 35.6 Å². The van der Waals surface area contributed by atoms with E-state index in [9.17, 15) is 26.4 Å². The number of thiazole rings is 1. The highest BCUT2D eigenvalue weighted by atomic mass is 32.2. The van der Waals surface area contributed by atoms with Crippen molar-refractivity contribution in [1.29, 1.82) is 0 Å². The molecule has 0 aliphatic carbocycles. The lowest BCUT2D eigenvalue weighted by atomic mass is 10.2. The molecule has 152 valence electrons. The highest BCUT2D eigenvalue weighted by Crippen LogP contribution is 2.31. The first-order valence-electron chi connectivity index (χ1n) is 8.09. The number of para-hydroxylation sites is 1. The number of aromatic nitrogens is 1. The Morgan fingerprint density at radius 3 is 2.48 bits per heavy atom. The van der Waals surface area contributed by atoms with Crippen molar-refractivity contribution in [3.8, 4) is 0 Å². The molecule has 6 nitrogen and oxygen atoms in total. The fourth-order valence-electron chi connectivity index (χ4n) is 2.39. The molecule has 3 aromatic rings. The maximum Gasteiger partial charge on any atom is 0.416 e. The van der Waals surface area contributed by atoms with Crippen LogP contribution in [0.15, 0.2) is 58.8 Å². The summed E-state index contributed by atoms with van der Waals surface area (Å²) < 4.78 is 66.0. The van der Waals surface area contributed by atoms with Crippen LogP contribution in [0.4, 0.5) is 24.0 Å². The lowest BCUT2D eigenvalue weighted by Gasteiger charge is -2.13. The molecule has 0 saturated heterocycles. The van der Waals surface area contributed by atoms with Gasteiger partial charge in [0.05, 0.1) is 27.4 Å². The van der Waals surface area contributed by atoms with E-state index in [1.54, 1.807) is 12.3 Å². The van der Waals surface area contributed by atoms with Crippen LogP contribution in [0.5, 0.6) is 0 Å². The van der Waals surface area contributed by atoms with Crippen molar-refractivity contribution in [3.05, 3.63) is 70.7 Å². The fraction of sp³-hybridized carbons (Fsp3) is 0.111. The maximum atomic E-state index is 12.9. The van der Waals surface area contributed by atoms with Crippen molar-refractivity contribution >= 4 is 38.1 Å². The molecular formula is C18H14F3N3O3S2. The van der Waals surface area contributed by atoms with Crippen LogP contribution in [0, 0.1) is 6.92 Å². The van der Waals surface area contributed by atoms with Gasteiger partial charge in [0.15, 0.2) is 5.13 Å². The summed E-state index contributed by atoms with van der Waals surface area (Å²) >= 11 is 1.20. The third-order valence-electron chi connectivity index (χ3n) is 3.73. The van der Waals surface area contributed by atoms with Crippen molar-refractivity contribution in [2.24, 2.45) is 0 Å². The van der Waals surface area contributed by atoms with Crippen molar-refractivity contribution in [2.45, 2.75) is 18.0 Å². The summed E-state index contributed by atoms with van der Waals surface area (Å²) in [6.45, 7) is 1.75. The van der Waals surface area contributed by atoms with Crippen LogP contribution >= 0.6 is 11.3 Å². The molecule has 1 aromatic heterocycles. The number of carbonyl (C=O) groups is 1. The van der Waals surface area contributed by atoms with Crippen LogP contribution in [0.3, 0.4) is 0 Å². The molecule has 2 aromatic carbocycles. The lowest BCUT2D eigenvalue weighted by molar-refractivity contribution is -0.137. The van der Waals surface area contributed by atoms with Crippen LogP contribution in [-0.4, -0.2) is 19.3 Å². The molecule has 0 radical (unpaired) electrons. The Hall–Kier alpha value is -2.92. The molecule has 0 aliphatic rings. The smallest absolute Gasteiger partial charge is 0.298 e. The number of hydrogen-bond donors (Lipinski definition) is 2. The van der Waals surface area contributed by atoms with E-state index >= 15 is 0 Å². The first-order chi connectivity index (χ1) is 13.6. The molecule has 0 aliphatic heterocycles. The van der Waals surface area contributed by atoms with Crippen LogP contribution in [0.1, 0.15) is 21.6 Å². The molecule has 0 spiro atoms. The maximum absolute atomic E-state index is 12.9. The topological polar surface area (TPSA) is 88.2 Å². The van der Waals surface area contributed by atoms with Gasteiger partial charge in [0.25, 0.3) is 15.9 Å². The number of hydrogen-bond acceptors (Lipinski definition) is 5. The standard InChI is InChI=1S/C18H14F3N3O3S2/c1-11-10-28-17(22-11)23-16(25)14-7-2-3-8-15(14)24-29(26,27)13-6-4-5-12(9-13)18(19,20)21/h2-10,24H,1H3,(H,22,23,25). The van der Waals surface area contributed by atoms with E-state index < -0.39 is 32.6 Å². The second-order valence-electron chi connectivity index (χ2n) is 5.92. The normalized spacial score (nSPS) is 11.9. The molecular weight excluding hydrogens is 427 g/mol. The third kappa shape index (κ3) is 4.93. The summed E-state index contributed by atoms with van der Waals surface area (Å²) in [5.41, 5.74) is -0.457. The van der Waals surface area contributed by atoms with E-state index in [2.05, 4.69) is 15.0 Å². The number of benzene rings is 2. The third-order valence-corrected chi connectivity index (χ3v) is 5.97. The summed E-state index contributed by atoms with van der Waals surface area (Å²) in [5, 5.41) is 4.63. The first-order valence-corrected chi connectivity index (χ1v) is 10.4. The number of sulfonamides is 1. The van der Waals surface area contributed by atoms with Gasteiger partial charge in [0.1, 0.15) is 0 Å². The van der Waals surface area contributed by atoms with E-state index in [0.29, 0.717) is 16.9 Å². The minimum Gasteiger partial charge on any atom is -0.298 e. The summed E-state index contributed by atoms with van der Waals surface area (Å²) in [6.07, 6.45) is -4.69. The molecule has 0 unspecified atom stereocenters. The quantitative estimate of drug-likeness (QED) is 0.609. The zero-order valence-electron chi connectivity index (χ0n) is 14.8. The predicted molar refractivity (Wildman–Crippen MR) is 103 cm³/mol. The average Bonchev–Trinajstić information content (AvgIpc) is 3.06. The van der Waals surface area contributed by atoms with Crippen molar-refractivity contribution in [1.82, 2.24) is 4.98 Å². The van der Waals surface area contributed by atoms with E-state index in [1.807, 2.05) is 0 Å². The molecule has 0 bridgehead atoms. The molecule has 11 heteroatoms. The summed E-state index contributed by atoms with van der Waals surface area (Å²) in [7, 11) is -4.36. The number of halogens is 3. The predicted octanol–water partition coefficient (Wildman–Crippen LogP) is 4.52. The molecule has 0 saturated carbocycles.